The van der Waals surface area contributed by atoms with E-state index in [1.807, 2.05) is 13.8 Å². The van der Waals surface area contributed by atoms with Gasteiger partial charge in [0, 0.05) is 38.6 Å². The normalized spacial score (nSPS) is 15.7. The van der Waals surface area contributed by atoms with E-state index in [1.165, 1.54) is 0 Å². The van der Waals surface area contributed by atoms with Gasteiger partial charge in [0.1, 0.15) is 11.5 Å². The number of carbonyl (C=O) groups excluding carboxylic acids is 1. The van der Waals surface area contributed by atoms with E-state index in [0.717, 1.165) is 43.1 Å². The zero-order valence-electron chi connectivity index (χ0n) is 13.8. The van der Waals surface area contributed by atoms with Crippen molar-refractivity contribution in [2.75, 3.05) is 18.0 Å². The van der Waals surface area contributed by atoms with E-state index in [0.29, 0.717) is 5.69 Å². The van der Waals surface area contributed by atoms with Gasteiger partial charge in [-0.1, -0.05) is 0 Å². The molecule has 23 heavy (non-hydrogen) atoms. The third-order valence-corrected chi connectivity index (χ3v) is 4.13. The van der Waals surface area contributed by atoms with Gasteiger partial charge in [0.25, 0.3) is 5.91 Å². The summed E-state index contributed by atoms with van der Waals surface area (Å²) in [6.45, 7) is 5.67. The largest absolute Gasteiger partial charge is 0.355 e. The van der Waals surface area contributed by atoms with Crippen molar-refractivity contribution in [3.63, 3.8) is 0 Å². The summed E-state index contributed by atoms with van der Waals surface area (Å²) in [5, 5.41) is 7.20. The Morgan fingerprint density at radius 1 is 1.30 bits per heavy atom. The molecule has 2 aromatic heterocycles. The zero-order valence-corrected chi connectivity index (χ0v) is 13.8. The van der Waals surface area contributed by atoms with Crippen LogP contribution in [0.3, 0.4) is 0 Å². The van der Waals surface area contributed by atoms with Gasteiger partial charge in [-0.2, -0.15) is 5.10 Å². The van der Waals surface area contributed by atoms with Crippen molar-refractivity contribution in [1.82, 2.24) is 25.1 Å². The fourth-order valence-electron chi connectivity index (χ4n) is 2.86. The number of hydrogen-bond acceptors (Lipinski definition) is 5. The quantitative estimate of drug-likeness (QED) is 0.922. The summed E-state index contributed by atoms with van der Waals surface area (Å²) in [7, 11) is 1.81. The van der Waals surface area contributed by atoms with Crippen LogP contribution >= 0.6 is 0 Å². The minimum Gasteiger partial charge on any atom is -0.355 e. The molecule has 1 fully saturated rings. The molecule has 1 aliphatic rings. The Balaban J connectivity index is 1.58. The van der Waals surface area contributed by atoms with Crippen LogP contribution in [0.5, 0.6) is 0 Å². The van der Waals surface area contributed by atoms with Crippen LogP contribution in [-0.4, -0.2) is 44.8 Å². The molecule has 1 N–H and O–H groups in total. The van der Waals surface area contributed by atoms with Gasteiger partial charge < -0.3 is 10.2 Å². The standard InChI is InChI=1S/C16H22N6O/c1-11-10-17-12(2)15(18-11)22-8-4-13(5-9-22)19-16(23)14-6-7-21(3)20-14/h6-7,10,13H,4-5,8-9H2,1-3H3,(H,19,23). The lowest BCUT2D eigenvalue weighted by molar-refractivity contribution is 0.0925. The first kappa shape index (κ1) is 15.5. The summed E-state index contributed by atoms with van der Waals surface area (Å²) < 4.78 is 1.64. The molecule has 0 unspecified atom stereocenters. The Hall–Kier alpha value is -2.44. The molecule has 0 radical (unpaired) electrons. The van der Waals surface area contributed by atoms with Gasteiger partial charge >= 0.3 is 0 Å². The molecule has 1 aliphatic heterocycles. The van der Waals surface area contributed by atoms with Crippen molar-refractivity contribution >= 4 is 11.7 Å². The lowest BCUT2D eigenvalue weighted by Gasteiger charge is -2.33. The highest BCUT2D eigenvalue weighted by Crippen LogP contribution is 2.20. The molecular formula is C16H22N6O. The predicted molar refractivity (Wildman–Crippen MR) is 87.4 cm³/mol. The number of nitrogens with zero attached hydrogens (tertiary/aromatic N) is 5. The van der Waals surface area contributed by atoms with Gasteiger partial charge in [-0.3, -0.25) is 14.5 Å². The fourth-order valence-corrected chi connectivity index (χ4v) is 2.86. The number of anilines is 1. The average molecular weight is 314 g/mol. The molecule has 0 spiro atoms. The van der Waals surface area contributed by atoms with Gasteiger partial charge in [-0.05, 0) is 32.8 Å². The summed E-state index contributed by atoms with van der Waals surface area (Å²) in [6, 6.07) is 1.91. The lowest BCUT2D eigenvalue weighted by Crippen LogP contribution is -2.45. The SMILES string of the molecule is Cc1cnc(C)c(N2CCC(NC(=O)c3ccn(C)n3)CC2)n1. The zero-order chi connectivity index (χ0) is 16.4. The Kier molecular flexibility index (Phi) is 4.27. The minimum absolute atomic E-state index is 0.101. The van der Waals surface area contributed by atoms with Crippen molar-refractivity contribution in [2.45, 2.75) is 32.7 Å². The van der Waals surface area contributed by atoms with Crippen LogP contribution in [-0.2, 0) is 7.05 Å². The third kappa shape index (κ3) is 3.49. The Morgan fingerprint density at radius 2 is 2.04 bits per heavy atom. The van der Waals surface area contributed by atoms with Gasteiger partial charge in [-0.15, -0.1) is 0 Å². The van der Waals surface area contributed by atoms with Gasteiger partial charge in [0.2, 0.25) is 0 Å². The molecule has 0 aromatic carbocycles. The van der Waals surface area contributed by atoms with E-state index in [1.54, 1.807) is 30.2 Å². The molecule has 122 valence electrons. The number of hydrogen-bond donors (Lipinski definition) is 1. The maximum Gasteiger partial charge on any atom is 0.271 e. The number of rotatable bonds is 3. The lowest BCUT2D eigenvalue weighted by atomic mass is 10.0. The first-order chi connectivity index (χ1) is 11.0. The van der Waals surface area contributed by atoms with Crippen LogP contribution in [0, 0.1) is 13.8 Å². The average Bonchev–Trinajstić information content (AvgIpc) is 2.97. The molecule has 0 atom stereocenters. The monoisotopic (exact) mass is 314 g/mol. The maximum absolute atomic E-state index is 12.2. The molecule has 3 heterocycles. The number of aromatic nitrogens is 4. The van der Waals surface area contributed by atoms with Crippen LogP contribution in [0.2, 0.25) is 0 Å². The van der Waals surface area contributed by atoms with Crippen LogP contribution in [0.15, 0.2) is 18.5 Å². The van der Waals surface area contributed by atoms with Crippen molar-refractivity contribution < 1.29 is 4.79 Å². The highest BCUT2D eigenvalue weighted by atomic mass is 16.2. The smallest absolute Gasteiger partial charge is 0.271 e. The minimum atomic E-state index is -0.101. The van der Waals surface area contributed by atoms with E-state index in [-0.39, 0.29) is 11.9 Å². The van der Waals surface area contributed by atoms with Crippen molar-refractivity contribution in [3.8, 4) is 0 Å². The predicted octanol–water partition coefficient (Wildman–Crippen LogP) is 1.23. The molecule has 1 saturated heterocycles. The first-order valence-electron chi connectivity index (χ1n) is 7.88. The Labute approximate surface area is 135 Å². The van der Waals surface area contributed by atoms with Crippen LogP contribution in [0.4, 0.5) is 5.82 Å². The highest BCUT2D eigenvalue weighted by Gasteiger charge is 2.23. The summed E-state index contributed by atoms with van der Waals surface area (Å²) in [4.78, 5) is 23.4. The summed E-state index contributed by atoms with van der Waals surface area (Å²) in [5.74, 6) is 0.857. The van der Waals surface area contributed by atoms with E-state index in [2.05, 4.69) is 25.3 Å². The van der Waals surface area contributed by atoms with Crippen LogP contribution in [0.1, 0.15) is 34.7 Å². The molecule has 1 amide bonds. The number of piperidine rings is 1. The molecule has 0 aliphatic carbocycles. The van der Waals surface area contributed by atoms with Gasteiger partial charge in [0.05, 0.1) is 11.4 Å². The van der Waals surface area contributed by atoms with E-state index < -0.39 is 0 Å². The molecular weight excluding hydrogens is 292 g/mol. The summed E-state index contributed by atoms with van der Waals surface area (Å²) in [6.07, 6.45) is 5.36. The second-order valence-electron chi connectivity index (χ2n) is 6.03. The van der Waals surface area contributed by atoms with Gasteiger partial charge in [0.15, 0.2) is 0 Å². The third-order valence-electron chi connectivity index (χ3n) is 4.13. The highest BCUT2D eigenvalue weighted by molar-refractivity contribution is 5.92. The van der Waals surface area contributed by atoms with E-state index in [4.69, 9.17) is 0 Å². The van der Waals surface area contributed by atoms with E-state index in [9.17, 15) is 4.79 Å². The fraction of sp³-hybridized carbons (Fsp3) is 0.500. The first-order valence-corrected chi connectivity index (χ1v) is 7.88. The second kappa shape index (κ2) is 6.36. The number of nitrogens with one attached hydrogen (secondary N) is 1. The molecule has 0 bridgehead atoms. The topological polar surface area (TPSA) is 75.9 Å². The molecule has 2 aromatic rings. The molecule has 7 nitrogen and oxygen atoms in total. The van der Waals surface area contributed by atoms with Crippen molar-refractivity contribution in [3.05, 3.63) is 35.5 Å². The maximum atomic E-state index is 12.2. The number of amides is 1. The summed E-state index contributed by atoms with van der Waals surface area (Å²) >= 11 is 0. The Bertz CT molecular complexity index is 702. The molecule has 3 rings (SSSR count). The second-order valence-corrected chi connectivity index (χ2v) is 6.03. The number of carbonyl (C=O) groups is 1. The van der Waals surface area contributed by atoms with Crippen LogP contribution < -0.4 is 10.2 Å². The number of aryl methyl sites for hydroxylation is 3. The van der Waals surface area contributed by atoms with Crippen molar-refractivity contribution in [1.29, 1.82) is 0 Å². The van der Waals surface area contributed by atoms with Crippen LogP contribution in [0.25, 0.3) is 0 Å². The van der Waals surface area contributed by atoms with Gasteiger partial charge in [-0.25, -0.2) is 4.98 Å². The molecule has 7 heteroatoms. The Morgan fingerprint density at radius 3 is 2.70 bits per heavy atom. The molecule has 0 saturated carbocycles. The summed E-state index contributed by atoms with van der Waals surface area (Å²) in [5.41, 5.74) is 2.35. The van der Waals surface area contributed by atoms with E-state index >= 15 is 0 Å². The van der Waals surface area contributed by atoms with Crippen molar-refractivity contribution in [2.24, 2.45) is 7.05 Å².